The fourth-order valence-corrected chi connectivity index (χ4v) is 4.09. The van der Waals surface area contributed by atoms with E-state index in [-0.39, 0.29) is 4.90 Å². The predicted molar refractivity (Wildman–Crippen MR) is 101 cm³/mol. The maximum absolute atomic E-state index is 12.6. The van der Waals surface area contributed by atoms with Crippen LogP contribution in [0, 0.1) is 5.92 Å². The van der Waals surface area contributed by atoms with E-state index in [2.05, 4.69) is 4.72 Å². The van der Waals surface area contributed by atoms with Crippen LogP contribution in [0.3, 0.4) is 0 Å². The van der Waals surface area contributed by atoms with Crippen LogP contribution in [0.15, 0.2) is 53.4 Å². The molecule has 28 heavy (non-hydrogen) atoms. The minimum atomic E-state index is -3.94. The van der Waals surface area contributed by atoms with Crippen LogP contribution in [0.1, 0.15) is 12.8 Å². The van der Waals surface area contributed by atoms with Crippen molar-refractivity contribution in [3.8, 4) is 11.5 Å². The summed E-state index contributed by atoms with van der Waals surface area (Å²) in [5.41, 5.74) is 1.55. The van der Waals surface area contributed by atoms with E-state index < -0.39 is 28.1 Å². The Bertz CT molecular complexity index is 918. The SMILES string of the molecule is O=C(NO)C1CCCOC1NS(=O)(=O)c1ccc(Oc2ccc(Cl)cc2)cc1. The number of halogens is 1. The first-order valence-corrected chi connectivity index (χ1v) is 10.4. The number of sulfonamides is 1. The van der Waals surface area contributed by atoms with E-state index in [0.29, 0.717) is 36.0 Å². The molecule has 1 aliphatic heterocycles. The van der Waals surface area contributed by atoms with Crippen molar-refractivity contribution in [2.24, 2.45) is 5.92 Å². The van der Waals surface area contributed by atoms with Gasteiger partial charge in [-0.2, -0.15) is 4.72 Å². The fraction of sp³-hybridized carbons (Fsp3) is 0.278. The lowest BCUT2D eigenvalue weighted by molar-refractivity contribution is -0.143. The van der Waals surface area contributed by atoms with Gasteiger partial charge in [0.15, 0.2) is 0 Å². The number of carbonyl (C=O) groups is 1. The monoisotopic (exact) mass is 426 g/mol. The van der Waals surface area contributed by atoms with Gasteiger partial charge in [0.2, 0.25) is 15.9 Å². The molecular weight excluding hydrogens is 408 g/mol. The minimum absolute atomic E-state index is 0.00622. The molecular formula is C18H19ClN2O6S. The molecule has 1 saturated heterocycles. The molecule has 3 N–H and O–H groups in total. The zero-order chi connectivity index (χ0) is 20.1. The molecule has 0 spiro atoms. The van der Waals surface area contributed by atoms with E-state index in [4.69, 9.17) is 26.3 Å². The molecule has 1 fully saturated rings. The van der Waals surface area contributed by atoms with Crippen LogP contribution in [-0.4, -0.2) is 32.4 Å². The maximum atomic E-state index is 12.6. The van der Waals surface area contributed by atoms with Gasteiger partial charge in [0.05, 0.1) is 10.8 Å². The highest BCUT2D eigenvalue weighted by molar-refractivity contribution is 7.89. The Hall–Kier alpha value is -2.17. The molecule has 0 bridgehead atoms. The van der Waals surface area contributed by atoms with Crippen LogP contribution in [0.5, 0.6) is 11.5 Å². The predicted octanol–water partition coefficient (Wildman–Crippen LogP) is 2.67. The third kappa shape index (κ3) is 5.00. The summed E-state index contributed by atoms with van der Waals surface area (Å²) >= 11 is 5.83. The van der Waals surface area contributed by atoms with Crippen molar-refractivity contribution in [2.75, 3.05) is 6.61 Å². The summed E-state index contributed by atoms with van der Waals surface area (Å²) in [6.45, 7) is 0.316. The van der Waals surface area contributed by atoms with E-state index >= 15 is 0 Å². The first kappa shape index (κ1) is 20.6. The van der Waals surface area contributed by atoms with E-state index in [1.54, 1.807) is 29.7 Å². The van der Waals surface area contributed by atoms with Crippen LogP contribution >= 0.6 is 11.6 Å². The van der Waals surface area contributed by atoms with Crippen molar-refractivity contribution in [3.63, 3.8) is 0 Å². The quantitative estimate of drug-likeness (QED) is 0.483. The van der Waals surface area contributed by atoms with Crippen molar-refractivity contribution >= 4 is 27.5 Å². The third-order valence-electron chi connectivity index (χ3n) is 4.22. The summed E-state index contributed by atoms with van der Waals surface area (Å²) in [6.07, 6.45) is -0.0728. The number of nitrogens with one attached hydrogen (secondary N) is 2. The van der Waals surface area contributed by atoms with Crippen molar-refractivity contribution < 1.29 is 27.9 Å². The Balaban J connectivity index is 1.71. The van der Waals surface area contributed by atoms with Crippen LogP contribution in [0.4, 0.5) is 0 Å². The first-order valence-electron chi connectivity index (χ1n) is 8.50. The normalized spacial score (nSPS) is 19.8. The van der Waals surface area contributed by atoms with Gasteiger partial charge in [-0.1, -0.05) is 11.6 Å². The summed E-state index contributed by atoms with van der Waals surface area (Å²) < 4.78 is 38.6. The molecule has 8 nitrogen and oxygen atoms in total. The van der Waals surface area contributed by atoms with E-state index in [9.17, 15) is 13.2 Å². The Kier molecular flexibility index (Phi) is 6.53. The second-order valence-corrected chi connectivity index (χ2v) is 8.32. The number of hydrogen-bond acceptors (Lipinski definition) is 6. The van der Waals surface area contributed by atoms with Crippen LogP contribution in [-0.2, 0) is 19.6 Å². The zero-order valence-corrected chi connectivity index (χ0v) is 16.2. The van der Waals surface area contributed by atoms with Crippen molar-refractivity contribution in [2.45, 2.75) is 24.0 Å². The van der Waals surface area contributed by atoms with Gasteiger partial charge in [-0.05, 0) is 61.4 Å². The Labute approximate surface area is 167 Å². The molecule has 0 aromatic heterocycles. The Morgan fingerprint density at radius 3 is 2.32 bits per heavy atom. The van der Waals surface area contributed by atoms with Crippen molar-refractivity contribution in [1.82, 2.24) is 10.2 Å². The summed E-state index contributed by atoms with van der Waals surface area (Å²) in [7, 11) is -3.94. The van der Waals surface area contributed by atoms with Crippen molar-refractivity contribution in [1.29, 1.82) is 0 Å². The van der Waals surface area contributed by atoms with Crippen LogP contribution < -0.4 is 14.9 Å². The third-order valence-corrected chi connectivity index (χ3v) is 5.91. The smallest absolute Gasteiger partial charge is 0.250 e. The molecule has 150 valence electrons. The van der Waals surface area contributed by atoms with Gasteiger partial charge in [0.1, 0.15) is 17.7 Å². The topological polar surface area (TPSA) is 114 Å². The highest BCUT2D eigenvalue weighted by Crippen LogP contribution is 2.25. The number of rotatable bonds is 6. The Morgan fingerprint density at radius 2 is 1.71 bits per heavy atom. The average Bonchev–Trinajstić information content (AvgIpc) is 2.70. The lowest BCUT2D eigenvalue weighted by atomic mass is 9.99. The molecule has 0 saturated carbocycles. The standard InChI is InChI=1S/C18H19ClN2O6S/c19-12-3-5-13(6-4-12)27-14-7-9-15(10-8-14)28(24,25)21-18-16(17(22)20-23)2-1-11-26-18/h3-10,16,18,21,23H,1-2,11H2,(H,20,22). The average molecular weight is 427 g/mol. The molecule has 3 rings (SSSR count). The van der Waals surface area contributed by atoms with E-state index in [1.165, 1.54) is 24.3 Å². The number of hydrogen-bond donors (Lipinski definition) is 3. The zero-order valence-electron chi connectivity index (χ0n) is 14.7. The number of carbonyl (C=O) groups excluding carboxylic acids is 1. The molecule has 0 radical (unpaired) electrons. The van der Waals surface area contributed by atoms with Gasteiger partial charge in [0.25, 0.3) is 0 Å². The summed E-state index contributed by atoms with van der Waals surface area (Å²) in [5, 5.41) is 9.41. The molecule has 2 aromatic rings. The second-order valence-electron chi connectivity index (χ2n) is 6.16. The molecule has 1 amide bonds. The highest BCUT2D eigenvalue weighted by atomic mass is 35.5. The van der Waals surface area contributed by atoms with Crippen molar-refractivity contribution in [3.05, 3.63) is 53.6 Å². The number of ether oxygens (including phenoxy) is 2. The summed E-state index contributed by atoms with van der Waals surface area (Å²) in [5.74, 6) is -0.500. The lowest BCUT2D eigenvalue weighted by Crippen LogP contribution is -2.49. The highest BCUT2D eigenvalue weighted by Gasteiger charge is 2.35. The van der Waals surface area contributed by atoms with E-state index in [1.807, 2.05) is 0 Å². The van der Waals surface area contributed by atoms with Crippen LogP contribution in [0.2, 0.25) is 5.02 Å². The minimum Gasteiger partial charge on any atom is -0.457 e. The molecule has 2 atom stereocenters. The second kappa shape index (κ2) is 8.89. The van der Waals surface area contributed by atoms with Gasteiger partial charge in [-0.15, -0.1) is 0 Å². The van der Waals surface area contributed by atoms with Gasteiger partial charge in [0, 0.05) is 11.6 Å². The molecule has 1 heterocycles. The van der Waals surface area contributed by atoms with Gasteiger partial charge < -0.3 is 9.47 Å². The number of benzene rings is 2. The van der Waals surface area contributed by atoms with Gasteiger partial charge >= 0.3 is 0 Å². The Morgan fingerprint density at radius 1 is 1.11 bits per heavy atom. The summed E-state index contributed by atoms with van der Waals surface area (Å²) in [6, 6.07) is 12.6. The summed E-state index contributed by atoms with van der Waals surface area (Å²) in [4.78, 5) is 11.7. The number of hydroxylamine groups is 1. The fourth-order valence-electron chi connectivity index (χ4n) is 2.80. The maximum Gasteiger partial charge on any atom is 0.250 e. The van der Waals surface area contributed by atoms with Gasteiger partial charge in [-0.3, -0.25) is 10.0 Å². The lowest BCUT2D eigenvalue weighted by Gasteiger charge is -2.30. The molecule has 1 aliphatic rings. The molecule has 10 heteroatoms. The van der Waals surface area contributed by atoms with Crippen LogP contribution in [0.25, 0.3) is 0 Å². The first-order chi connectivity index (χ1) is 13.4. The van der Waals surface area contributed by atoms with Gasteiger partial charge in [-0.25, -0.2) is 13.9 Å². The number of amides is 1. The largest absolute Gasteiger partial charge is 0.457 e. The molecule has 2 unspecified atom stereocenters. The molecule has 2 aromatic carbocycles. The van der Waals surface area contributed by atoms with E-state index in [0.717, 1.165) is 0 Å². The molecule has 0 aliphatic carbocycles.